The van der Waals surface area contributed by atoms with Crippen LogP contribution in [0.5, 0.6) is 0 Å². The molecule has 194 valence electrons. The van der Waals surface area contributed by atoms with Gasteiger partial charge in [-0.25, -0.2) is 13.1 Å². The van der Waals surface area contributed by atoms with Crippen molar-refractivity contribution in [2.24, 2.45) is 4.99 Å². The van der Waals surface area contributed by atoms with Gasteiger partial charge in [-0.2, -0.15) is 13.2 Å². The number of aliphatic imine (C=N–C) groups is 1. The number of carbonyl (C=O) groups is 1. The van der Waals surface area contributed by atoms with E-state index in [1.807, 2.05) is 0 Å². The maximum Gasteiger partial charge on any atom is 0.418 e. The Labute approximate surface area is 209 Å². The van der Waals surface area contributed by atoms with Gasteiger partial charge >= 0.3 is 6.18 Å². The molecule has 2 aliphatic heterocycles. The second-order valence-corrected chi connectivity index (χ2v) is 11.0. The number of alkyl halides is 3. The van der Waals surface area contributed by atoms with Gasteiger partial charge in [-0.3, -0.25) is 9.79 Å². The van der Waals surface area contributed by atoms with Gasteiger partial charge in [0.15, 0.2) is 9.84 Å². The van der Waals surface area contributed by atoms with Gasteiger partial charge in [0, 0.05) is 13.1 Å². The second-order valence-electron chi connectivity index (χ2n) is 8.65. The fourth-order valence-corrected chi connectivity index (χ4v) is 5.51. The molecule has 0 bridgehead atoms. The number of sulfone groups is 1. The molecule has 1 aromatic heterocycles. The fraction of sp³-hybridized carbons (Fsp3) is 0.304. The zero-order valence-electron chi connectivity index (χ0n) is 19.2. The minimum Gasteiger partial charge on any atom is -0.390 e. The zero-order chi connectivity index (χ0) is 26.4. The standard InChI is InChI=1S/C23H21F3N6O4S/c24-23(25,26)17-9-19-20(10-21(17)31-4-6-37(35,36)7-5-31)28-18(11-22(34)29-19)14-2-1-3-15(8-14)32-16(13-33)12-27-30-32/h1-3,8-10,12,33H,4-7,11,13H2,(H,29,34). The molecule has 0 saturated carbocycles. The molecular weight excluding hydrogens is 513 g/mol. The molecule has 2 N–H and O–H groups in total. The highest BCUT2D eigenvalue weighted by atomic mass is 32.2. The molecule has 2 aliphatic rings. The third-order valence-corrected chi connectivity index (χ3v) is 7.78. The van der Waals surface area contributed by atoms with Crippen LogP contribution in [-0.2, 0) is 27.4 Å². The summed E-state index contributed by atoms with van der Waals surface area (Å²) in [7, 11) is -3.31. The molecule has 5 rings (SSSR count). The number of halogens is 3. The van der Waals surface area contributed by atoms with Gasteiger partial charge in [0.25, 0.3) is 0 Å². The highest BCUT2D eigenvalue weighted by molar-refractivity contribution is 7.91. The maximum absolute atomic E-state index is 14.0. The molecule has 2 aromatic carbocycles. The largest absolute Gasteiger partial charge is 0.418 e. The summed E-state index contributed by atoms with van der Waals surface area (Å²) in [6, 6.07) is 8.90. The summed E-state index contributed by atoms with van der Waals surface area (Å²) in [5.74, 6) is -1.04. The summed E-state index contributed by atoms with van der Waals surface area (Å²) in [4.78, 5) is 18.6. The van der Waals surface area contributed by atoms with Crippen LogP contribution >= 0.6 is 0 Å². The second kappa shape index (κ2) is 9.27. The van der Waals surface area contributed by atoms with Crippen LogP contribution in [0, 0.1) is 0 Å². The predicted molar refractivity (Wildman–Crippen MR) is 129 cm³/mol. The van der Waals surface area contributed by atoms with Crippen molar-refractivity contribution in [3.63, 3.8) is 0 Å². The van der Waals surface area contributed by atoms with Crippen LogP contribution in [0.3, 0.4) is 0 Å². The van der Waals surface area contributed by atoms with E-state index in [1.54, 1.807) is 24.3 Å². The van der Waals surface area contributed by atoms with E-state index >= 15 is 0 Å². The lowest BCUT2D eigenvalue weighted by Gasteiger charge is -2.31. The van der Waals surface area contributed by atoms with Crippen LogP contribution in [0.15, 0.2) is 47.6 Å². The Morgan fingerprint density at radius 3 is 2.57 bits per heavy atom. The maximum atomic E-state index is 14.0. The van der Waals surface area contributed by atoms with Crippen molar-refractivity contribution in [3.8, 4) is 5.69 Å². The van der Waals surface area contributed by atoms with Gasteiger partial charge in [-0.15, -0.1) is 5.10 Å². The number of fused-ring (bicyclic) bond motifs is 1. The van der Waals surface area contributed by atoms with Crippen molar-refractivity contribution in [2.45, 2.75) is 19.2 Å². The van der Waals surface area contributed by atoms with Crippen molar-refractivity contribution in [1.82, 2.24) is 15.0 Å². The average molecular weight is 535 g/mol. The third-order valence-electron chi connectivity index (χ3n) is 6.17. The molecule has 1 amide bonds. The van der Waals surface area contributed by atoms with Crippen molar-refractivity contribution in [1.29, 1.82) is 0 Å². The number of hydrogen-bond donors (Lipinski definition) is 2. The molecule has 14 heteroatoms. The van der Waals surface area contributed by atoms with Crippen molar-refractivity contribution in [3.05, 3.63) is 59.4 Å². The predicted octanol–water partition coefficient (Wildman–Crippen LogP) is 2.48. The Hall–Kier alpha value is -3.78. The first kappa shape index (κ1) is 24.9. The van der Waals surface area contributed by atoms with E-state index in [0.717, 1.165) is 6.07 Å². The molecule has 0 aliphatic carbocycles. The van der Waals surface area contributed by atoms with Crippen molar-refractivity contribution >= 4 is 38.5 Å². The quantitative estimate of drug-likeness (QED) is 0.526. The Balaban J connectivity index is 1.60. The Morgan fingerprint density at radius 2 is 1.86 bits per heavy atom. The number of anilines is 2. The summed E-state index contributed by atoms with van der Waals surface area (Å²) in [5.41, 5.74) is 0.708. The normalized spacial score (nSPS) is 17.6. The highest BCUT2D eigenvalue weighted by Crippen LogP contribution is 2.43. The highest BCUT2D eigenvalue weighted by Gasteiger charge is 2.38. The van der Waals surface area contributed by atoms with E-state index < -0.39 is 27.5 Å². The summed E-state index contributed by atoms with van der Waals surface area (Å²) in [5, 5.41) is 19.8. The number of hydrogen-bond acceptors (Lipinski definition) is 8. The summed E-state index contributed by atoms with van der Waals surface area (Å²) in [6.45, 7) is -0.462. The smallest absolute Gasteiger partial charge is 0.390 e. The monoisotopic (exact) mass is 534 g/mol. The lowest BCUT2D eigenvalue weighted by molar-refractivity contribution is -0.137. The minimum atomic E-state index is -4.74. The SMILES string of the molecule is O=C1CC(c2cccc(-n3nncc3CO)c2)=Nc2cc(N3CCS(=O)(=O)CC3)c(C(F)(F)F)cc2N1. The molecule has 3 aromatic rings. The van der Waals surface area contributed by atoms with Crippen molar-refractivity contribution in [2.75, 3.05) is 34.8 Å². The van der Waals surface area contributed by atoms with Gasteiger partial charge in [0.05, 0.1) is 70.4 Å². The molecule has 0 unspecified atom stereocenters. The Kier molecular flexibility index (Phi) is 6.23. The molecule has 0 radical (unpaired) electrons. The van der Waals surface area contributed by atoms with E-state index in [-0.39, 0.29) is 54.7 Å². The fourth-order valence-electron chi connectivity index (χ4n) is 4.31. The van der Waals surface area contributed by atoms with E-state index in [9.17, 15) is 31.5 Å². The number of aromatic nitrogens is 3. The van der Waals surface area contributed by atoms with Gasteiger partial charge in [-0.05, 0) is 29.8 Å². The molecule has 37 heavy (non-hydrogen) atoms. The van der Waals surface area contributed by atoms with E-state index in [0.29, 0.717) is 22.7 Å². The topological polar surface area (TPSA) is 130 Å². The summed E-state index contributed by atoms with van der Waals surface area (Å²) >= 11 is 0. The van der Waals surface area contributed by atoms with Crippen LogP contribution in [0.4, 0.5) is 30.2 Å². The summed E-state index contributed by atoms with van der Waals surface area (Å²) < 4.78 is 67.0. The van der Waals surface area contributed by atoms with E-state index in [1.165, 1.54) is 21.8 Å². The zero-order valence-corrected chi connectivity index (χ0v) is 20.1. The minimum absolute atomic E-state index is 0.0831. The van der Waals surface area contributed by atoms with Crippen molar-refractivity contribution < 1.29 is 31.5 Å². The molecule has 3 heterocycles. The number of aliphatic hydroxyl groups excluding tert-OH is 1. The number of aliphatic hydroxyl groups is 1. The third kappa shape index (κ3) is 5.06. The molecule has 0 spiro atoms. The first-order valence-electron chi connectivity index (χ1n) is 11.2. The number of rotatable bonds is 4. The van der Waals surface area contributed by atoms with E-state index in [4.69, 9.17) is 0 Å². The average Bonchev–Trinajstić information content (AvgIpc) is 3.26. The lowest BCUT2D eigenvalue weighted by Crippen LogP contribution is -2.41. The van der Waals surface area contributed by atoms with Gasteiger partial charge < -0.3 is 15.3 Å². The molecule has 1 fully saturated rings. The number of carbonyl (C=O) groups excluding carboxylic acids is 1. The van der Waals surface area contributed by atoms with Crippen LogP contribution < -0.4 is 10.2 Å². The van der Waals surface area contributed by atoms with Crippen LogP contribution in [-0.4, -0.2) is 64.7 Å². The molecule has 0 atom stereocenters. The lowest BCUT2D eigenvalue weighted by atomic mass is 10.1. The molecular formula is C23H21F3N6O4S. The number of benzene rings is 2. The van der Waals surface area contributed by atoms with Crippen LogP contribution in [0.2, 0.25) is 0 Å². The van der Waals surface area contributed by atoms with Gasteiger partial charge in [0.1, 0.15) is 0 Å². The van der Waals surface area contributed by atoms with E-state index in [2.05, 4.69) is 20.6 Å². The first-order valence-corrected chi connectivity index (χ1v) is 13.1. The molecule has 10 nitrogen and oxygen atoms in total. The first-order chi connectivity index (χ1) is 17.5. The van der Waals surface area contributed by atoms with Crippen LogP contribution in [0.25, 0.3) is 5.69 Å². The van der Waals surface area contributed by atoms with Gasteiger partial charge in [0.2, 0.25) is 5.91 Å². The van der Waals surface area contributed by atoms with Gasteiger partial charge in [-0.1, -0.05) is 17.3 Å². The Morgan fingerprint density at radius 1 is 1.11 bits per heavy atom. The number of nitrogens with one attached hydrogen (secondary N) is 1. The Bertz CT molecular complexity index is 1500. The number of amides is 1. The summed E-state index contributed by atoms with van der Waals surface area (Å²) in [6.07, 6.45) is -3.52. The molecule has 1 saturated heterocycles. The number of nitrogens with zero attached hydrogens (tertiary/aromatic N) is 5. The van der Waals surface area contributed by atoms with Crippen LogP contribution in [0.1, 0.15) is 23.2 Å².